The van der Waals surface area contributed by atoms with Crippen molar-refractivity contribution in [3.8, 4) is 0 Å². The summed E-state index contributed by atoms with van der Waals surface area (Å²) in [5.41, 5.74) is 0. The number of rotatable bonds is 33. The zero-order valence-corrected chi connectivity index (χ0v) is 23.9. The molecule has 0 unspecified atom stereocenters. The average molecular weight is 541 g/mol. The lowest BCUT2D eigenvalue weighted by molar-refractivity contribution is -0.0279. The van der Waals surface area contributed by atoms with Gasteiger partial charge in [0.1, 0.15) is 0 Å². The highest BCUT2D eigenvalue weighted by Gasteiger charge is 1.96. The summed E-state index contributed by atoms with van der Waals surface area (Å²) in [5, 5.41) is 0. The van der Waals surface area contributed by atoms with Gasteiger partial charge in [0.05, 0.1) is 125 Å². The van der Waals surface area contributed by atoms with Crippen LogP contribution in [0.15, 0.2) is 0 Å². The highest BCUT2D eigenvalue weighted by atomic mass is 16.6. The van der Waals surface area contributed by atoms with E-state index in [1.807, 2.05) is 13.8 Å². The Morgan fingerprint density at radius 1 is 0.324 bits per heavy atom. The van der Waals surface area contributed by atoms with E-state index in [9.17, 15) is 0 Å². The first kappa shape index (κ1) is 36.6. The minimum absolute atomic E-state index is 0.238. The molecule has 0 N–H and O–H groups in total. The average Bonchev–Trinajstić information content (AvgIpc) is 2.89. The van der Waals surface area contributed by atoms with Gasteiger partial charge in [0.15, 0.2) is 0 Å². The topological polar surface area (TPSA) is 92.3 Å². The third kappa shape index (κ3) is 35.6. The normalized spacial score (nSPS) is 11.7. The third-order valence-electron chi connectivity index (χ3n) is 4.80. The molecule has 0 atom stereocenters. The van der Waals surface area contributed by atoms with Crippen molar-refractivity contribution < 1.29 is 47.4 Å². The smallest absolute Gasteiger partial charge is 0.0703 e. The van der Waals surface area contributed by atoms with Gasteiger partial charge in [-0.05, 0) is 20.3 Å². The minimum Gasteiger partial charge on any atom is -0.379 e. The van der Waals surface area contributed by atoms with Crippen molar-refractivity contribution in [2.24, 2.45) is 0 Å². The van der Waals surface area contributed by atoms with E-state index in [0.717, 1.165) is 13.0 Å². The summed E-state index contributed by atoms with van der Waals surface area (Å²) in [5.74, 6) is 0. The lowest BCUT2D eigenvalue weighted by atomic mass is 10.2. The maximum atomic E-state index is 5.52. The molecule has 0 amide bonds. The maximum Gasteiger partial charge on any atom is 0.0703 e. The lowest BCUT2D eigenvalue weighted by Crippen LogP contribution is -2.15. The zero-order valence-electron chi connectivity index (χ0n) is 23.9. The van der Waals surface area contributed by atoms with Crippen molar-refractivity contribution in [1.82, 2.24) is 0 Å². The molecule has 0 aliphatic heterocycles. The molecule has 0 bridgehead atoms. The van der Waals surface area contributed by atoms with Crippen LogP contribution < -0.4 is 0 Å². The van der Waals surface area contributed by atoms with E-state index in [1.54, 1.807) is 0 Å². The molecule has 10 heteroatoms. The Balaban J connectivity index is 3.01. The number of unbranched alkanes of at least 4 members (excludes halogenated alkanes) is 3. The molecule has 0 saturated heterocycles. The fourth-order valence-electron chi connectivity index (χ4n) is 2.84. The van der Waals surface area contributed by atoms with E-state index in [4.69, 9.17) is 47.4 Å². The highest BCUT2D eigenvalue weighted by molar-refractivity contribution is 4.41. The zero-order chi connectivity index (χ0) is 26.9. The van der Waals surface area contributed by atoms with E-state index in [2.05, 4.69) is 6.92 Å². The van der Waals surface area contributed by atoms with Crippen LogP contribution in [0, 0.1) is 0 Å². The largest absolute Gasteiger partial charge is 0.379 e. The molecule has 0 fully saturated rings. The first-order valence-corrected chi connectivity index (χ1v) is 14.1. The molecule has 0 aromatic rings. The van der Waals surface area contributed by atoms with Crippen LogP contribution in [-0.4, -0.2) is 132 Å². The van der Waals surface area contributed by atoms with Crippen LogP contribution in [-0.2, 0) is 47.4 Å². The van der Waals surface area contributed by atoms with E-state index in [0.29, 0.717) is 119 Å². The monoisotopic (exact) mass is 540 g/mol. The molecule has 0 aromatic heterocycles. The summed E-state index contributed by atoms with van der Waals surface area (Å²) in [6.07, 6.45) is 5.15. The summed E-state index contributed by atoms with van der Waals surface area (Å²) in [4.78, 5) is 0. The third-order valence-corrected chi connectivity index (χ3v) is 4.80. The van der Waals surface area contributed by atoms with Crippen LogP contribution in [0.3, 0.4) is 0 Å². The number of hydrogen-bond donors (Lipinski definition) is 0. The summed E-state index contributed by atoms with van der Waals surface area (Å²) in [6, 6.07) is 0. The van der Waals surface area contributed by atoms with E-state index in [1.165, 1.54) is 19.3 Å². The van der Waals surface area contributed by atoms with Crippen molar-refractivity contribution in [3.63, 3.8) is 0 Å². The first-order chi connectivity index (χ1) is 18.3. The van der Waals surface area contributed by atoms with Gasteiger partial charge in [-0.3, -0.25) is 0 Å². The van der Waals surface area contributed by atoms with Gasteiger partial charge in [0, 0.05) is 6.61 Å². The Hall–Kier alpha value is -0.400. The second-order valence-corrected chi connectivity index (χ2v) is 8.49. The van der Waals surface area contributed by atoms with Crippen LogP contribution in [0.25, 0.3) is 0 Å². The SMILES string of the molecule is CCCCCCOCCOCCOCCOCCOCCOCCOCCOCCOCCOC(C)C. The standard InChI is InChI=1S/C27H56O10/c1-4-5-6-7-8-28-9-10-29-11-12-30-13-14-31-15-16-32-17-18-33-19-20-34-21-22-35-23-24-36-25-26-37-27(2)3/h27H,4-26H2,1-3H3. The Morgan fingerprint density at radius 2 is 0.595 bits per heavy atom. The van der Waals surface area contributed by atoms with Crippen molar-refractivity contribution in [2.45, 2.75) is 52.6 Å². The number of hydrogen-bond acceptors (Lipinski definition) is 10. The van der Waals surface area contributed by atoms with Crippen molar-refractivity contribution in [3.05, 3.63) is 0 Å². The van der Waals surface area contributed by atoms with Crippen molar-refractivity contribution in [1.29, 1.82) is 0 Å². The second kappa shape index (κ2) is 33.6. The van der Waals surface area contributed by atoms with Crippen molar-refractivity contribution in [2.75, 3.05) is 126 Å². The van der Waals surface area contributed by atoms with Gasteiger partial charge in [-0.1, -0.05) is 26.2 Å². The molecule has 0 radical (unpaired) electrons. The van der Waals surface area contributed by atoms with Gasteiger partial charge >= 0.3 is 0 Å². The summed E-state index contributed by atoms with van der Waals surface area (Å²) in [7, 11) is 0. The van der Waals surface area contributed by atoms with Gasteiger partial charge in [-0.2, -0.15) is 0 Å². The molecular formula is C27H56O10. The molecule has 10 nitrogen and oxygen atoms in total. The predicted molar refractivity (Wildman–Crippen MR) is 143 cm³/mol. The number of ether oxygens (including phenoxy) is 10. The molecule has 0 saturated carbocycles. The summed E-state index contributed by atoms with van der Waals surface area (Å²) in [6.45, 7) is 17.2. The first-order valence-electron chi connectivity index (χ1n) is 14.1. The molecule has 0 aliphatic rings. The van der Waals surface area contributed by atoms with E-state index < -0.39 is 0 Å². The summed E-state index contributed by atoms with van der Waals surface area (Å²) < 4.78 is 54.5. The van der Waals surface area contributed by atoms with Crippen LogP contribution in [0.4, 0.5) is 0 Å². The fourth-order valence-corrected chi connectivity index (χ4v) is 2.84. The fraction of sp³-hybridized carbons (Fsp3) is 1.00. The molecule has 37 heavy (non-hydrogen) atoms. The second-order valence-electron chi connectivity index (χ2n) is 8.49. The molecule has 0 aliphatic carbocycles. The molecule has 0 aromatic carbocycles. The van der Waals surface area contributed by atoms with Crippen LogP contribution >= 0.6 is 0 Å². The highest BCUT2D eigenvalue weighted by Crippen LogP contribution is 1.98. The molecular weight excluding hydrogens is 484 g/mol. The Labute approximate surface area is 225 Å². The van der Waals surface area contributed by atoms with Crippen molar-refractivity contribution >= 4 is 0 Å². The van der Waals surface area contributed by atoms with Crippen LogP contribution in [0.2, 0.25) is 0 Å². The lowest BCUT2D eigenvalue weighted by Gasteiger charge is -2.09. The summed E-state index contributed by atoms with van der Waals surface area (Å²) >= 11 is 0. The van der Waals surface area contributed by atoms with Gasteiger partial charge in [-0.15, -0.1) is 0 Å². The molecule has 0 rings (SSSR count). The van der Waals surface area contributed by atoms with Gasteiger partial charge in [0.2, 0.25) is 0 Å². The maximum absolute atomic E-state index is 5.52. The van der Waals surface area contributed by atoms with Crippen LogP contribution in [0.5, 0.6) is 0 Å². The van der Waals surface area contributed by atoms with Gasteiger partial charge in [-0.25, -0.2) is 0 Å². The van der Waals surface area contributed by atoms with Gasteiger partial charge in [0.25, 0.3) is 0 Å². The predicted octanol–water partition coefficient (Wildman–Crippen LogP) is 3.14. The quantitative estimate of drug-likeness (QED) is 0.116. The molecule has 0 spiro atoms. The Kier molecular flexibility index (Phi) is 33.3. The minimum atomic E-state index is 0.238. The molecule has 224 valence electrons. The van der Waals surface area contributed by atoms with Gasteiger partial charge < -0.3 is 47.4 Å². The molecule has 0 heterocycles. The Morgan fingerprint density at radius 3 is 0.865 bits per heavy atom. The van der Waals surface area contributed by atoms with E-state index in [-0.39, 0.29) is 6.10 Å². The Bertz CT molecular complexity index is 401. The van der Waals surface area contributed by atoms with E-state index >= 15 is 0 Å². The van der Waals surface area contributed by atoms with Crippen LogP contribution in [0.1, 0.15) is 46.5 Å².